The molecule has 138 valence electrons. The third-order valence-corrected chi connectivity index (χ3v) is 4.87. The highest BCUT2D eigenvalue weighted by Gasteiger charge is 2.28. The third-order valence-electron chi connectivity index (χ3n) is 4.87. The number of hydrogen-bond acceptors (Lipinski definition) is 4. The van der Waals surface area contributed by atoms with Gasteiger partial charge in [-0.2, -0.15) is 0 Å². The Morgan fingerprint density at radius 1 is 1.04 bits per heavy atom. The molecular formula is C20H25N3O3. The lowest BCUT2D eigenvalue weighted by atomic mass is 10.1. The average Bonchev–Trinajstić information content (AvgIpc) is 3.18. The molecule has 1 saturated heterocycles. The van der Waals surface area contributed by atoms with E-state index in [0.717, 1.165) is 5.69 Å². The molecule has 1 aromatic heterocycles. The highest BCUT2D eigenvalue weighted by molar-refractivity contribution is 5.91. The molecule has 0 radical (unpaired) electrons. The summed E-state index contributed by atoms with van der Waals surface area (Å²) in [6.45, 7) is 8.09. The lowest BCUT2D eigenvalue weighted by Gasteiger charge is -2.35. The van der Waals surface area contributed by atoms with Gasteiger partial charge in [0.2, 0.25) is 5.91 Å². The Kier molecular flexibility index (Phi) is 5.30. The highest BCUT2D eigenvalue weighted by atomic mass is 16.3. The van der Waals surface area contributed by atoms with Crippen LogP contribution in [0.3, 0.4) is 0 Å². The number of benzene rings is 1. The first-order valence-electron chi connectivity index (χ1n) is 8.91. The van der Waals surface area contributed by atoms with E-state index in [1.165, 1.54) is 17.4 Å². The van der Waals surface area contributed by atoms with Crippen LogP contribution in [0.15, 0.2) is 41.0 Å². The summed E-state index contributed by atoms with van der Waals surface area (Å²) in [6.07, 6.45) is 1.49. The van der Waals surface area contributed by atoms with Crippen molar-refractivity contribution in [3.63, 3.8) is 0 Å². The quantitative estimate of drug-likeness (QED) is 0.916. The summed E-state index contributed by atoms with van der Waals surface area (Å²) in [5.41, 5.74) is 3.37. The predicted molar refractivity (Wildman–Crippen MR) is 100 cm³/mol. The van der Waals surface area contributed by atoms with Crippen LogP contribution in [0.25, 0.3) is 0 Å². The highest BCUT2D eigenvalue weighted by Crippen LogP contribution is 2.16. The van der Waals surface area contributed by atoms with Crippen molar-refractivity contribution >= 4 is 17.5 Å². The maximum atomic E-state index is 12.7. The van der Waals surface area contributed by atoms with Gasteiger partial charge >= 0.3 is 0 Å². The van der Waals surface area contributed by atoms with Gasteiger partial charge in [-0.05, 0) is 56.2 Å². The minimum absolute atomic E-state index is 0.0494. The van der Waals surface area contributed by atoms with E-state index in [9.17, 15) is 9.59 Å². The zero-order valence-electron chi connectivity index (χ0n) is 15.5. The average molecular weight is 355 g/mol. The molecule has 1 N–H and O–H groups in total. The second-order valence-electron chi connectivity index (χ2n) is 6.76. The molecule has 0 bridgehead atoms. The summed E-state index contributed by atoms with van der Waals surface area (Å²) in [5.74, 6) is 0.270. The molecule has 6 heteroatoms. The molecule has 2 amide bonds. The zero-order valence-corrected chi connectivity index (χ0v) is 15.5. The fourth-order valence-corrected chi connectivity index (χ4v) is 3.10. The number of rotatable bonds is 4. The Hall–Kier alpha value is -2.76. The van der Waals surface area contributed by atoms with Crippen molar-refractivity contribution in [2.75, 3.05) is 31.5 Å². The van der Waals surface area contributed by atoms with Crippen molar-refractivity contribution in [3.05, 3.63) is 53.5 Å². The number of nitrogens with zero attached hydrogens (tertiary/aromatic N) is 2. The lowest BCUT2D eigenvalue weighted by molar-refractivity contribution is -0.133. The standard InChI is InChI=1S/C20H25N3O3/c1-14-6-7-17(13-15(14)2)21-16(3)19(24)22-8-10-23(11-9-22)20(25)18-5-4-12-26-18/h4-7,12-13,16,21H,8-11H2,1-3H3/t16-/m0/s1. The van der Waals surface area contributed by atoms with Gasteiger partial charge in [0.15, 0.2) is 5.76 Å². The van der Waals surface area contributed by atoms with E-state index in [0.29, 0.717) is 31.9 Å². The number of nitrogens with one attached hydrogen (secondary N) is 1. The van der Waals surface area contributed by atoms with Gasteiger partial charge in [0.1, 0.15) is 6.04 Å². The molecule has 0 saturated carbocycles. The Bertz CT molecular complexity index is 778. The van der Waals surface area contributed by atoms with Gasteiger partial charge in [-0.15, -0.1) is 0 Å². The van der Waals surface area contributed by atoms with Crippen molar-refractivity contribution in [3.8, 4) is 0 Å². The number of anilines is 1. The molecule has 1 aromatic carbocycles. The lowest BCUT2D eigenvalue weighted by Crippen LogP contribution is -2.53. The molecule has 1 aliphatic rings. The van der Waals surface area contributed by atoms with Crippen molar-refractivity contribution < 1.29 is 14.0 Å². The first-order valence-corrected chi connectivity index (χ1v) is 8.91. The molecule has 26 heavy (non-hydrogen) atoms. The summed E-state index contributed by atoms with van der Waals surface area (Å²) in [5, 5.41) is 3.28. The van der Waals surface area contributed by atoms with Crippen LogP contribution in [0.4, 0.5) is 5.69 Å². The van der Waals surface area contributed by atoms with E-state index >= 15 is 0 Å². The Labute approximate surface area is 153 Å². The fraction of sp³-hybridized carbons (Fsp3) is 0.400. The Morgan fingerprint density at radius 3 is 2.35 bits per heavy atom. The zero-order chi connectivity index (χ0) is 18.7. The second kappa shape index (κ2) is 7.64. The van der Waals surface area contributed by atoms with Crippen LogP contribution in [0.2, 0.25) is 0 Å². The predicted octanol–water partition coefficient (Wildman–Crippen LogP) is 2.68. The molecule has 2 heterocycles. The molecule has 0 aliphatic carbocycles. The summed E-state index contributed by atoms with van der Waals surface area (Å²) in [6, 6.07) is 9.14. The molecule has 1 aliphatic heterocycles. The van der Waals surface area contributed by atoms with E-state index in [1.807, 2.05) is 24.0 Å². The Morgan fingerprint density at radius 2 is 1.73 bits per heavy atom. The fourth-order valence-electron chi connectivity index (χ4n) is 3.10. The summed E-state index contributed by atoms with van der Waals surface area (Å²) in [4.78, 5) is 28.5. The molecule has 6 nitrogen and oxygen atoms in total. The number of hydrogen-bond donors (Lipinski definition) is 1. The number of carbonyl (C=O) groups excluding carboxylic acids is 2. The first kappa shape index (κ1) is 18.0. The van der Waals surface area contributed by atoms with Crippen LogP contribution in [-0.4, -0.2) is 53.8 Å². The van der Waals surface area contributed by atoms with Gasteiger partial charge in [-0.1, -0.05) is 6.07 Å². The van der Waals surface area contributed by atoms with Gasteiger partial charge < -0.3 is 19.5 Å². The van der Waals surface area contributed by atoms with E-state index in [2.05, 4.69) is 25.2 Å². The van der Waals surface area contributed by atoms with Gasteiger partial charge in [0, 0.05) is 31.9 Å². The molecule has 3 rings (SSSR count). The van der Waals surface area contributed by atoms with Crippen LogP contribution < -0.4 is 5.32 Å². The van der Waals surface area contributed by atoms with Gasteiger partial charge in [-0.3, -0.25) is 9.59 Å². The topological polar surface area (TPSA) is 65.8 Å². The van der Waals surface area contributed by atoms with Crippen molar-refractivity contribution in [1.29, 1.82) is 0 Å². The number of carbonyl (C=O) groups is 2. The summed E-state index contributed by atoms with van der Waals surface area (Å²) in [7, 11) is 0. The normalized spacial score (nSPS) is 15.7. The SMILES string of the molecule is Cc1ccc(N[C@@H](C)C(=O)N2CCN(C(=O)c3ccco3)CC2)cc1C. The maximum Gasteiger partial charge on any atom is 0.289 e. The first-order chi connectivity index (χ1) is 12.5. The van der Waals surface area contributed by atoms with Crippen LogP contribution >= 0.6 is 0 Å². The third kappa shape index (κ3) is 3.90. The van der Waals surface area contributed by atoms with E-state index in [-0.39, 0.29) is 17.9 Å². The van der Waals surface area contributed by atoms with Crippen molar-refractivity contribution in [2.24, 2.45) is 0 Å². The summed E-state index contributed by atoms with van der Waals surface area (Å²) < 4.78 is 5.16. The van der Waals surface area contributed by atoms with Crippen LogP contribution in [0.1, 0.15) is 28.6 Å². The van der Waals surface area contributed by atoms with Crippen molar-refractivity contribution in [1.82, 2.24) is 9.80 Å². The van der Waals surface area contributed by atoms with Crippen LogP contribution in [0, 0.1) is 13.8 Å². The van der Waals surface area contributed by atoms with Gasteiger partial charge in [0.25, 0.3) is 5.91 Å². The second-order valence-corrected chi connectivity index (χ2v) is 6.76. The minimum Gasteiger partial charge on any atom is -0.459 e. The molecular weight excluding hydrogens is 330 g/mol. The summed E-state index contributed by atoms with van der Waals surface area (Å²) >= 11 is 0. The van der Waals surface area contributed by atoms with Crippen LogP contribution in [-0.2, 0) is 4.79 Å². The maximum absolute atomic E-state index is 12.7. The molecule has 1 fully saturated rings. The smallest absolute Gasteiger partial charge is 0.289 e. The largest absolute Gasteiger partial charge is 0.459 e. The molecule has 1 atom stereocenters. The van der Waals surface area contributed by atoms with Crippen LogP contribution in [0.5, 0.6) is 0 Å². The molecule has 0 unspecified atom stereocenters. The van der Waals surface area contributed by atoms with E-state index < -0.39 is 0 Å². The van der Waals surface area contributed by atoms with Crippen molar-refractivity contribution in [2.45, 2.75) is 26.8 Å². The minimum atomic E-state index is -0.315. The monoisotopic (exact) mass is 355 g/mol. The number of amides is 2. The molecule has 0 spiro atoms. The van der Waals surface area contributed by atoms with E-state index in [4.69, 9.17) is 4.42 Å². The number of aryl methyl sites for hydroxylation is 2. The Balaban J connectivity index is 1.54. The van der Waals surface area contributed by atoms with Gasteiger partial charge in [0.05, 0.1) is 6.26 Å². The number of piperazine rings is 1. The molecule has 2 aromatic rings. The number of furan rings is 1. The van der Waals surface area contributed by atoms with E-state index in [1.54, 1.807) is 17.0 Å². The van der Waals surface area contributed by atoms with Gasteiger partial charge in [-0.25, -0.2) is 0 Å².